The molecule has 17 heavy (non-hydrogen) atoms. The number of para-hydroxylation sites is 1. The lowest BCUT2D eigenvalue weighted by Gasteiger charge is -2.33. The largest absolute Gasteiger partial charge is 0.381 e. The highest BCUT2D eigenvalue weighted by Gasteiger charge is 2.21. The normalized spacial score (nSPS) is 16.8. The van der Waals surface area contributed by atoms with E-state index in [1.807, 2.05) is 25.2 Å². The molecule has 92 valence electrons. The first-order chi connectivity index (χ1) is 8.20. The van der Waals surface area contributed by atoms with Gasteiger partial charge >= 0.3 is 0 Å². The van der Waals surface area contributed by atoms with Crippen molar-refractivity contribution in [3.05, 3.63) is 29.8 Å². The molecule has 1 aliphatic rings. The van der Waals surface area contributed by atoms with Gasteiger partial charge in [0.2, 0.25) is 0 Å². The van der Waals surface area contributed by atoms with Crippen LogP contribution in [0, 0.1) is 0 Å². The van der Waals surface area contributed by atoms with Gasteiger partial charge in [0.15, 0.2) is 0 Å². The lowest BCUT2D eigenvalue weighted by Crippen LogP contribution is -2.37. The SMILES string of the molecule is CN(c1ccccc1C(N)=O)C1CCOCC1. The summed E-state index contributed by atoms with van der Waals surface area (Å²) >= 11 is 0. The third kappa shape index (κ3) is 2.58. The highest BCUT2D eigenvalue weighted by Crippen LogP contribution is 2.24. The van der Waals surface area contributed by atoms with Crippen molar-refractivity contribution in [2.24, 2.45) is 5.73 Å². The standard InChI is InChI=1S/C13H18N2O2/c1-15(10-6-8-17-9-7-10)12-5-3-2-4-11(12)13(14)16/h2-5,10H,6-9H2,1H3,(H2,14,16). The quantitative estimate of drug-likeness (QED) is 0.860. The van der Waals surface area contributed by atoms with Crippen molar-refractivity contribution in [3.8, 4) is 0 Å². The molecular weight excluding hydrogens is 216 g/mol. The molecule has 0 aromatic heterocycles. The molecule has 0 atom stereocenters. The molecule has 1 heterocycles. The van der Waals surface area contributed by atoms with Crippen molar-refractivity contribution in [1.82, 2.24) is 0 Å². The van der Waals surface area contributed by atoms with Gasteiger partial charge < -0.3 is 15.4 Å². The second kappa shape index (κ2) is 5.19. The van der Waals surface area contributed by atoms with Crippen LogP contribution in [0.5, 0.6) is 0 Å². The van der Waals surface area contributed by atoms with Gasteiger partial charge in [0.1, 0.15) is 0 Å². The molecule has 0 saturated carbocycles. The van der Waals surface area contributed by atoms with Crippen molar-refractivity contribution < 1.29 is 9.53 Å². The minimum atomic E-state index is -0.375. The summed E-state index contributed by atoms with van der Waals surface area (Å²) in [5.74, 6) is -0.375. The second-order valence-electron chi connectivity index (χ2n) is 4.34. The van der Waals surface area contributed by atoms with E-state index in [2.05, 4.69) is 4.90 Å². The number of hydrogen-bond donors (Lipinski definition) is 1. The molecule has 1 aromatic carbocycles. The molecule has 1 fully saturated rings. The fraction of sp³-hybridized carbons (Fsp3) is 0.462. The fourth-order valence-corrected chi connectivity index (χ4v) is 2.26. The minimum absolute atomic E-state index is 0.375. The van der Waals surface area contributed by atoms with Gasteiger partial charge in [0.05, 0.1) is 5.56 Å². The summed E-state index contributed by atoms with van der Waals surface area (Å²) in [6.07, 6.45) is 1.98. The number of benzene rings is 1. The predicted octanol–water partition coefficient (Wildman–Crippen LogP) is 1.40. The van der Waals surface area contributed by atoms with Crippen molar-refractivity contribution in [2.45, 2.75) is 18.9 Å². The molecule has 2 N–H and O–H groups in total. The summed E-state index contributed by atoms with van der Waals surface area (Å²) in [6, 6.07) is 7.89. The molecule has 1 saturated heterocycles. The number of nitrogens with two attached hydrogens (primary N) is 1. The Labute approximate surface area is 101 Å². The van der Waals surface area contributed by atoms with Crippen LogP contribution in [0.25, 0.3) is 0 Å². The monoisotopic (exact) mass is 234 g/mol. The van der Waals surface area contributed by atoms with Gasteiger partial charge in [-0.15, -0.1) is 0 Å². The van der Waals surface area contributed by atoms with E-state index in [1.54, 1.807) is 6.07 Å². The number of carbonyl (C=O) groups excluding carboxylic acids is 1. The van der Waals surface area contributed by atoms with Crippen LogP contribution >= 0.6 is 0 Å². The first kappa shape index (κ1) is 11.9. The summed E-state index contributed by atoms with van der Waals surface area (Å²) in [4.78, 5) is 13.5. The summed E-state index contributed by atoms with van der Waals surface area (Å²) in [5, 5.41) is 0. The average Bonchev–Trinajstić information content (AvgIpc) is 2.39. The summed E-state index contributed by atoms with van der Waals surface area (Å²) in [7, 11) is 2.01. The molecule has 1 aliphatic heterocycles. The Morgan fingerprint density at radius 1 is 1.35 bits per heavy atom. The zero-order chi connectivity index (χ0) is 12.3. The first-order valence-electron chi connectivity index (χ1n) is 5.89. The third-order valence-electron chi connectivity index (χ3n) is 3.29. The van der Waals surface area contributed by atoms with Gasteiger partial charge in [0.25, 0.3) is 5.91 Å². The van der Waals surface area contributed by atoms with Crippen molar-refractivity contribution in [2.75, 3.05) is 25.2 Å². The Kier molecular flexibility index (Phi) is 3.64. The zero-order valence-electron chi connectivity index (χ0n) is 10.1. The van der Waals surface area contributed by atoms with E-state index in [4.69, 9.17) is 10.5 Å². The van der Waals surface area contributed by atoms with Crippen LogP contribution in [0.3, 0.4) is 0 Å². The van der Waals surface area contributed by atoms with Crippen LogP contribution in [0.2, 0.25) is 0 Å². The maximum atomic E-state index is 11.4. The molecule has 4 heteroatoms. The molecule has 2 rings (SSSR count). The summed E-state index contributed by atoms with van der Waals surface area (Å²) < 4.78 is 5.35. The number of carbonyl (C=O) groups is 1. The Bertz CT molecular complexity index is 400. The topological polar surface area (TPSA) is 55.6 Å². The Morgan fingerprint density at radius 3 is 2.65 bits per heavy atom. The maximum Gasteiger partial charge on any atom is 0.250 e. The van der Waals surface area contributed by atoms with E-state index in [9.17, 15) is 4.79 Å². The van der Waals surface area contributed by atoms with Crippen LogP contribution in [0.1, 0.15) is 23.2 Å². The zero-order valence-corrected chi connectivity index (χ0v) is 10.1. The number of amides is 1. The van der Waals surface area contributed by atoms with E-state index in [1.165, 1.54) is 0 Å². The molecule has 0 bridgehead atoms. The first-order valence-corrected chi connectivity index (χ1v) is 5.89. The predicted molar refractivity (Wildman–Crippen MR) is 67.2 cm³/mol. The van der Waals surface area contributed by atoms with Crippen LogP contribution in [0.15, 0.2) is 24.3 Å². The average molecular weight is 234 g/mol. The number of nitrogens with zero attached hydrogens (tertiary/aromatic N) is 1. The molecular formula is C13H18N2O2. The number of rotatable bonds is 3. The van der Waals surface area contributed by atoms with E-state index >= 15 is 0 Å². The van der Waals surface area contributed by atoms with Crippen LogP contribution in [-0.4, -0.2) is 32.2 Å². The van der Waals surface area contributed by atoms with Crippen molar-refractivity contribution >= 4 is 11.6 Å². The van der Waals surface area contributed by atoms with Gasteiger partial charge in [-0.25, -0.2) is 0 Å². The van der Waals surface area contributed by atoms with Crippen molar-refractivity contribution in [3.63, 3.8) is 0 Å². The molecule has 1 aromatic rings. The van der Waals surface area contributed by atoms with E-state index in [0.29, 0.717) is 11.6 Å². The minimum Gasteiger partial charge on any atom is -0.381 e. The summed E-state index contributed by atoms with van der Waals surface area (Å²) in [5.41, 5.74) is 6.89. The van der Waals surface area contributed by atoms with E-state index in [0.717, 1.165) is 31.7 Å². The second-order valence-corrected chi connectivity index (χ2v) is 4.34. The molecule has 0 unspecified atom stereocenters. The van der Waals surface area contributed by atoms with Crippen LogP contribution < -0.4 is 10.6 Å². The van der Waals surface area contributed by atoms with Gasteiger partial charge in [-0.2, -0.15) is 0 Å². The van der Waals surface area contributed by atoms with Gasteiger partial charge in [0, 0.05) is 32.0 Å². The van der Waals surface area contributed by atoms with E-state index < -0.39 is 0 Å². The highest BCUT2D eigenvalue weighted by molar-refractivity contribution is 5.98. The Balaban J connectivity index is 2.23. The third-order valence-corrected chi connectivity index (χ3v) is 3.29. The maximum absolute atomic E-state index is 11.4. The molecule has 0 spiro atoms. The molecule has 0 radical (unpaired) electrons. The van der Waals surface area contributed by atoms with E-state index in [-0.39, 0.29) is 5.91 Å². The van der Waals surface area contributed by atoms with Crippen molar-refractivity contribution in [1.29, 1.82) is 0 Å². The number of ether oxygens (including phenoxy) is 1. The lowest BCUT2D eigenvalue weighted by molar-refractivity contribution is 0.0854. The van der Waals surface area contributed by atoms with Gasteiger partial charge in [-0.1, -0.05) is 12.1 Å². The smallest absolute Gasteiger partial charge is 0.250 e. The lowest BCUT2D eigenvalue weighted by atomic mass is 10.0. The van der Waals surface area contributed by atoms with Crippen LogP contribution in [0.4, 0.5) is 5.69 Å². The molecule has 1 amide bonds. The fourth-order valence-electron chi connectivity index (χ4n) is 2.26. The Morgan fingerprint density at radius 2 is 2.00 bits per heavy atom. The number of anilines is 1. The molecule has 0 aliphatic carbocycles. The summed E-state index contributed by atoms with van der Waals surface area (Å²) in [6.45, 7) is 1.57. The number of primary amides is 1. The highest BCUT2D eigenvalue weighted by atomic mass is 16.5. The van der Waals surface area contributed by atoms with Gasteiger partial charge in [-0.05, 0) is 25.0 Å². The Hall–Kier alpha value is -1.55. The van der Waals surface area contributed by atoms with Crippen LogP contribution in [-0.2, 0) is 4.74 Å². The van der Waals surface area contributed by atoms with Gasteiger partial charge in [-0.3, -0.25) is 4.79 Å². The molecule has 4 nitrogen and oxygen atoms in total. The number of hydrogen-bond acceptors (Lipinski definition) is 3.